The van der Waals surface area contributed by atoms with Crippen LogP contribution in [0.3, 0.4) is 0 Å². The second kappa shape index (κ2) is 12.5. The van der Waals surface area contributed by atoms with Crippen molar-refractivity contribution in [3.8, 4) is 5.75 Å². The van der Waals surface area contributed by atoms with Gasteiger partial charge in [-0.15, -0.1) is 11.3 Å². The second-order valence-electron chi connectivity index (χ2n) is 9.61. The summed E-state index contributed by atoms with van der Waals surface area (Å²) in [6, 6.07) is 15.5. The van der Waals surface area contributed by atoms with E-state index in [4.69, 9.17) is 21.1 Å². The highest BCUT2D eigenvalue weighted by Crippen LogP contribution is 2.37. The van der Waals surface area contributed by atoms with E-state index in [1.165, 1.54) is 16.9 Å². The molecule has 0 spiro atoms. The summed E-state index contributed by atoms with van der Waals surface area (Å²) in [5.41, 5.74) is 3.42. The van der Waals surface area contributed by atoms with Gasteiger partial charge in [0.2, 0.25) is 0 Å². The number of halogens is 1. The standard InChI is InChI=1S/C29H34ClNO5S2/c1-4-35-29(32)31-27-12-10-22-9-11-24(18-25(22)26(27)17-21-7-5-8-23(30)16-21)36-13-6-14-38(33,34)28-15-19(2)37-20(28)3/h5,7-9,11,15-16,18,26-27H,4,6,10,12-14,17H2,1-3H3,(H,31,32). The number of benzene rings is 2. The fourth-order valence-electron chi connectivity index (χ4n) is 5.10. The van der Waals surface area contributed by atoms with Crippen molar-refractivity contribution < 1.29 is 22.7 Å². The predicted molar refractivity (Wildman–Crippen MR) is 153 cm³/mol. The van der Waals surface area contributed by atoms with Gasteiger partial charge >= 0.3 is 6.09 Å². The smallest absolute Gasteiger partial charge is 0.407 e. The van der Waals surface area contributed by atoms with Crippen molar-refractivity contribution >= 4 is 38.9 Å². The van der Waals surface area contributed by atoms with Gasteiger partial charge in [-0.3, -0.25) is 0 Å². The summed E-state index contributed by atoms with van der Waals surface area (Å²) in [6.45, 7) is 6.16. The van der Waals surface area contributed by atoms with Gasteiger partial charge in [0.1, 0.15) is 5.75 Å². The first-order valence-electron chi connectivity index (χ1n) is 12.9. The van der Waals surface area contributed by atoms with Crippen LogP contribution in [0, 0.1) is 13.8 Å². The topological polar surface area (TPSA) is 81.7 Å². The Morgan fingerprint density at radius 2 is 1.97 bits per heavy atom. The molecule has 4 rings (SSSR count). The minimum absolute atomic E-state index is 0.00959. The van der Waals surface area contributed by atoms with Crippen molar-refractivity contribution in [3.05, 3.63) is 80.0 Å². The molecule has 1 aromatic heterocycles. The van der Waals surface area contributed by atoms with Crippen molar-refractivity contribution in [2.24, 2.45) is 0 Å². The summed E-state index contributed by atoms with van der Waals surface area (Å²) in [7, 11) is -3.34. The zero-order valence-electron chi connectivity index (χ0n) is 22.0. The van der Waals surface area contributed by atoms with E-state index in [-0.39, 0.29) is 17.7 Å². The minimum Gasteiger partial charge on any atom is -0.494 e. The number of hydrogen-bond donors (Lipinski definition) is 1. The number of aryl methyl sites for hydroxylation is 3. The normalized spacial score (nSPS) is 17.1. The molecular formula is C29H34ClNO5S2. The first-order valence-corrected chi connectivity index (χ1v) is 15.7. The van der Waals surface area contributed by atoms with E-state index < -0.39 is 15.9 Å². The van der Waals surface area contributed by atoms with E-state index in [9.17, 15) is 13.2 Å². The Hall–Kier alpha value is -2.55. The molecule has 3 aromatic rings. The van der Waals surface area contributed by atoms with Crippen LogP contribution in [0.1, 0.15) is 52.1 Å². The van der Waals surface area contributed by atoms with Gasteiger partial charge in [-0.2, -0.15) is 0 Å². The summed E-state index contributed by atoms with van der Waals surface area (Å²) in [4.78, 5) is 14.5. The van der Waals surface area contributed by atoms with E-state index >= 15 is 0 Å². The molecule has 0 saturated carbocycles. The third-order valence-electron chi connectivity index (χ3n) is 6.81. The van der Waals surface area contributed by atoms with Crippen molar-refractivity contribution in [1.29, 1.82) is 0 Å². The zero-order valence-corrected chi connectivity index (χ0v) is 24.3. The van der Waals surface area contributed by atoms with Gasteiger partial charge in [-0.25, -0.2) is 13.2 Å². The summed E-state index contributed by atoms with van der Waals surface area (Å²) in [5.74, 6) is 0.740. The quantitative estimate of drug-likeness (QED) is 0.274. The largest absolute Gasteiger partial charge is 0.494 e. The average molecular weight is 576 g/mol. The van der Waals surface area contributed by atoms with Crippen LogP contribution in [-0.2, 0) is 27.4 Å². The number of rotatable bonds is 10. The number of amides is 1. The van der Waals surface area contributed by atoms with Crippen LogP contribution in [0.5, 0.6) is 5.75 Å². The maximum Gasteiger partial charge on any atom is 0.407 e. The van der Waals surface area contributed by atoms with Crippen LogP contribution in [-0.4, -0.2) is 39.5 Å². The number of carbonyl (C=O) groups is 1. The van der Waals surface area contributed by atoms with E-state index in [0.29, 0.717) is 41.7 Å². The highest BCUT2D eigenvalue weighted by molar-refractivity contribution is 7.91. The van der Waals surface area contributed by atoms with Crippen molar-refractivity contribution in [3.63, 3.8) is 0 Å². The molecule has 9 heteroatoms. The molecule has 1 N–H and O–H groups in total. The first-order chi connectivity index (χ1) is 18.2. The van der Waals surface area contributed by atoms with Gasteiger partial charge in [-0.05, 0) is 93.5 Å². The van der Waals surface area contributed by atoms with Crippen molar-refractivity contribution in [1.82, 2.24) is 5.32 Å². The molecule has 2 unspecified atom stereocenters. The first kappa shape index (κ1) is 28.5. The SMILES string of the molecule is CCOC(=O)NC1CCc2ccc(OCCCS(=O)(=O)c3cc(C)sc3C)cc2C1Cc1cccc(Cl)c1. The summed E-state index contributed by atoms with van der Waals surface area (Å²) in [6.07, 6.45) is 2.31. The fraction of sp³-hybridized carbons (Fsp3) is 0.414. The summed E-state index contributed by atoms with van der Waals surface area (Å²) in [5, 5.41) is 3.73. The molecule has 0 bridgehead atoms. The number of hydrogen-bond acceptors (Lipinski definition) is 6. The monoisotopic (exact) mass is 575 g/mol. The second-order valence-corrected chi connectivity index (χ2v) is 13.6. The molecule has 2 atom stereocenters. The van der Waals surface area contributed by atoms with E-state index in [1.54, 1.807) is 13.0 Å². The number of nitrogens with one attached hydrogen (secondary N) is 1. The Bertz CT molecular complexity index is 1390. The summed E-state index contributed by atoms with van der Waals surface area (Å²) >= 11 is 7.75. The Morgan fingerprint density at radius 1 is 1.16 bits per heavy atom. The van der Waals surface area contributed by atoms with Crippen LogP contribution < -0.4 is 10.1 Å². The van der Waals surface area contributed by atoms with Gasteiger partial charge in [0, 0.05) is 26.7 Å². The molecule has 0 saturated heterocycles. The Morgan fingerprint density at radius 3 is 2.68 bits per heavy atom. The Labute approximate surface area is 234 Å². The van der Waals surface area contributed by atoms with Crippen molar-refractivity contribution in [2.75, 3.05) is 19.0 Å². The molecule has 6 nitrogen and oxygen atoms in total. The highest BCUT2D eigenvalue weighted by atomic mass is 35.5. The van der Waals surface area contributed by atoms with Gasteiger partial charge in [-0.1, -0.05) is 29.8 Å². The molecule has 0 aliphatic heterocycles. The molecular weight excluding hydrogens is 542 g/mol. The van der Waals surface area contributed by atoms with E-state index in [2.05, 4.69) is 11.4 Å². The molecule has 1 aliphatic rings. The maximum absolute atomic E-state index is 12.8. The summed E-state index contributed by atoms with van der Waals surface area (Å²) < 4.78 is 36.7. The number of thiophene rings is 1. The third-order valence-corrected chi connectivity index (χ3v) is 10.1. The van der Waals surface area contributed by atoms with E-state index in [1.807, 2.05) is 50.2 Å². The molecule has 204 valence electrons. The molecule has 38 heavy (non-hydrogen) atoms. The van der Waals surface area contributed by atoms with Crippen LogP contribution in [0.2, 0.25) is 5.02 Å². The molecule has 0 fully saturated rings. The lowest BCUT2D eigenvalue weighted by Crippen LogP contribution is -2.43. The van der Waals surface area contributed by atoms with Crippen LogP contribution in [0.4, 0.5) is 4.79 Å². The minimum atomic E-state index is -3.34. The Kier molecular flexibility index (Phi) is 9.39. The number of alkyl carbamates (subject to hydrolysis) is 1. The van der Waals surface area contributed by atoms with Gasteiger partial charge < -0.3 is 14.8 Å². The van der Waals surface area contributed by atoms with Crippen LogP contribution in [0.15, 0.2) is 53.4 Å². The lowest BCUT2D eigenvalue weighted by molar-refractivity contribution is 0.144. The maximum atomic E-state index is 12.8. The average Bonchev–Trinajstić information content (AvgIpc) is 3.22. The van der Waals surface area contributed by atoms with Crippen molar-refractivity contribution in [2.45, 2.75) is 63.3 Å². The van der Waals surface area contributed by atoms with Gasteiger partial charge in [0.05, 0.1) is 23.9 Å². The molecule has 1 aliphatic carbocycles. The Balaban J connectivity index is 1.48. The molecule has 1 amide bonds. The number of sulfone groups is 1. The van der Waals surface area contributed by atoms with E-state index in [0.717, 1.165) is 33.7 Å². The van der Waals surface area contributed by atoms with Crippen LogP contribution in [0.25, 0.3) is 0 Å². The van der Waals surface area contributed by atoms with Crippen LogP contribution >= 0.6 is 22.9 Å². The lowest BCUT2D eigenvalue weighted by Gasteiger charge is -2.34. The zero-order chi connectivity index (χ0) is 27.3. The fourth-order valence-corrected chi connectivity index (χ4v) is 8.22. The number of carbonyl (C=O) groups excluding carboxylic acids is 1. The highest BCUT2D eigenvalue weighted by Gasteiger charge is 2.32. The molecule has 0 radical (unpaired) electrons. The molecule has 1 heterocycles. The third kappa shape index (κ3) is 7.10. The lowest BCUT2D eigenvalue weighted by atomic mass is 9.76. The number of fused-ring (bicyclic) bond motifs is 1. The predicted octanol–water partition coefficient (Wildman–Crippen LogP) is 6.65. The van der Waals surface area contributed by atoms with Gasteiger partial charge in [0.15, 0.2) is 9.84 Å². The van der Waals surface area contributed by atoms with Gasteiger partial charge in [0.25, 0.3) is 0 Å². The number of ether oxygens (including phenoxy) is 2. The molecule has 2 aromatic carbocycles.